The molecule has 1 aromatic carbocycles. The Morgan fingerprint density at radius 3 is 2.29 bits per heavy atom. The van der Waals surface area contributed by atoms with Crippen LogP contribution in [0.1, 0.15) is 70.4 Å². The maximum Gasteiger partial charge on any atom is -0.0187 e. The lowest BCUT2D eigenvalue weighted by Crippen LogP contribution is -2.18. The van der Waals surface area contributed by atoms with Crippen LogP contribution in [0.5, 0.6) is 0 Å². The van der Waals surface area contributed by atoms with Gasteiger partial charge in [0.1, 0.15) is 0 Å². The smallest absolute Gasteiger partial charge is 0.0187 e. The van der Waals surface area contributed by atoms with Crippen LogP contribution in [-0.4, -0.2) is 0 Å². The fourth-order valence-electron chi connectivity index (χ4n) is 4.25. The van der Waals surface area contributed by atoms with E-state index in [0.29, 0.717) is 5.41 Å². The summed E-state index contributed by atoms with van der Waals surface area (Å²) in [5, 5.41) is 0. The summed E-state index contributed by atoms with van der Waals surface area (Å²) in [6.45, 7) is 10.9. The zero-order valence-corrected chi connectivity index (χ0v) is 16.1. The number of allylic oxidation sites excluding steroid dienone is 3. The second-order valence-corrected chi connectivity index (χ2v) is 7.93. The Balaban J connectivity index is 1.81. The molecule has 132 valence electrons. The van der Waals surface area contributed by atoms with Crippen LogP contribution in [0.25, 0.3) is 0 Å². The molecule has 0 saturated heterocycles. The molecule has 0 nitrogen and oxygen atoms in total. The lowest BCUT2D eigenvalue weighted by atomic mass is 9.75. The topological polar surface area (TPSA) is 0 Å². The summed E-state index contributed by atoms with van der Waals surface area (Å²) in [7, 11) is 0. The van der Waals surface area contributed by atoms with Gasteiger partial charge in [0.25, 0.3) is 0 Å². The maximum absolute atomic E-state index is 3.96. The predicted octanol–water partition coefficient (Wildman–Crippen LogP) is 7.15. The Bertz CT molecular complexity index is 515. The van der Waals surface area contributed by atoms with Crippen molar-refractivity contribution in [2.75, 3.05) is 0 Å². The summed E-state index contributed by atoms with van der Waals surface area (Å²) < 4.78 is 0. The largest absolute Gasteiger partial charge is 0.103 e. The molecule has 0 spiro atoms. The molecule has 2 atom stereocenters. The van der Waals surface area contributed by atoms with Crippen LogP contribution in [0, 0.1) is 17.3 Å². The van der Waals surface area contributed by atoms with Gasteiger partial charge < -0.3 is 0 Å². The van der Waals surface area contributed by atoms with E-state index >= 15 is 0 Å². The van der Waals surface area contributed by atoms with Gasteiger partial charge in [-0.05, 0) is 66.9 Å². The Kier molecular flexibility index (Phi) is 7.34. The molecule has 0 bridgehead atoms. The van der Waals surface area contributed by atoms with Gasteiger partial charge in [0.15, 0.2) is 0 Å². The first kappa shape index (κ1) is 19.0. The van der Waals surface area contributed by atoms with E-state index in [0.717, 1.165) is 18.3 Å². The van der Waals surface area contributed by atoms with E-state index in [4.69, 9.17) is 0 Å². The third-order valence-electron chi connectivity index (χ3n) is 6.16. The molecule has 0 heterocycles. The van der Waals surface area contributed by atoms with Crippen molar-refractivity contribution in [2.24, 2.45) is 17.3 Å². The molecular weight excluding hydrogens is 288 g/mol. The second-order valence-electron chi connectivity index (χ2n) is 7.93. The lowest BCUT2D eigenvalue weighted by molar-refractivity contribution is 0.236. The molecule has 0 aliphatic heterocycles. The molecule has 2 rings (SSSR count). The summed E-state index contributed by atoms with van der Waals surface area (Å²) in [6.07, 6.45) is 16.9. The Morgan fingerprint density at radius 1 is 1.08 bits per heavy atom. The summed E-state index contributed by atoms with van der Waals surface area (Å²) in [5.74, 6) is 1.52. The second kappa shape index (κ2) is 9.25. The molecule has 0 heteroatoms. The third kappa shape index (κ3) is 5.36. The fraction of sp³-hybridized carbons (Fsp3) is 0.583. The summed E-state index contributed by atoms with van der Waals surface area (Å²) in [5.41, 5.74) is 3.46. The first-order valence-corrected chi connectivity index (χ1v) is 9.98. The van der Waals surface area contributed by atoms with Crippen molar-refractivity contribution in [3.05, 3.63) is 60.2 Å². The summed E-state index contributed by atoms with van der Waals surface area (Å²) >= 11 is 0. The molecule has 1 aliphatic carbocycles. The maximum atomic E-state index is 3.96. The first-order chi connectivity index (χ1) is 11.6. The number of aryl methyl sites for hydroxylation is 1. The van der Waals surface area contributed by atoms with Crippen molar-refractivity contribution in [3.63, 3.8) is 0 Å². The van der Waals surface area contributed by atoms with Crippen molar-refractivity contribution in [1.29, 1.82) is 0 Å². The highest BCUT2D eigenvalue weighted by Gasteiger charge is 2.23. The van der Waals surface area contributed by atoms with Gasteiger partial charge in [-0.15, -0.1) is 6.58 Å². The quantitative estimate of drug-likeness (QED) is 0.401. The van der Waals surface area contributed by atoms with Crippen LogP contribution in [0.2, 0.25) is 0 Å². The standard InChI is InChI=1S/C24H36/c1-5-16-24(6-2,7-3)17-8-9-21-12-14-22(15-13-21)19-23-11-10-20(4)18-23/h5,10-15,20,23H,1,6-9,16-19H2,2-4H3. The minimum Gasteiger partial charge on any atom is -0.103 e. The predicted molar refractivity (Wildman–Crippen MR) is 107 cm³/mol. The Hall–Kier alpha value is -1.30. The van der Waals surface area contributed by atoms with Gasteiger partial charge in [0.05, 0.1) is 0 Å². The molecule has 0 aromatic heterocycles. The van der Waals surface area contributed by atoms with E-state index in [1.807, 2.05) is 0 Å². The van der Waals surface area contributed by atoms with Gasteiger partial charge in [-0.1, -0.05) is 76.1 Å². The van der Waals surface area contributed by atoms with Crippen molar-refractivity contribution in [2.45, 2.75) is 72.1 Å². The fourth-order valence-corrected chi connectivity index (χ4v) is 4.25. The van der Waals surface area contributed by atoms with Gasteiger partial charge in [-0.2, -0.15) is 0 Å². The van der Waals surface area contributed by atoms with Crippen LogP contribution < -0.4 is 0 Å². The molecule has 2 unspecified atom stereocenters. The molecular formula is C24H36. The highest BCUT2D eigenvalue weighted by atomic mass is 14.3. The van der Waals surface area contributed by atoms with Gasteiger partial charge in [-0.25, -0.2) is 0 Å². The van der Waals surface area contributed by atoms with Crippen molar-refractivity contribution < 1.29 is 0 Å². The molecule has 0 fully saturated rings. The van der Waals surface area contributed by atoms with E-state index in [1.165, 1.54) is 56.1 Å². The van der Waals surface area contributed by atoms with E-state index < -0.39 is 0 Å². The van der Waals surface area contributed by atoms with Crippen LogP contribution in [-0.2, 0) is 12.8 Å². The number of benzene rings is 1. The molecule has 0 saturated carbocycles. The number of rotatable bonds is 10. The molecule has 1 aliphatic rings. The van der Waals surface area contributed by atoms with Crippen LogP contribution in [0.3, 0.4) is 0 Å². The van der Waals surface area contributed by atoms with Gasteiger partial charge >= 0.3 is 0 Å². The third-order valence-corrected chi connectivity index (χ3v) is 6.16. The highest BCUT2D eigenvalue weighted by Crippen LogP contribution is 2.36. The van der Waals surface area contributed by atoms with Gasteiger partial charge in [-0.3, -0.25) is 0 Å². The Labute approximate surface area is 150 Å². The molecule has 0 radical (unpaired) electrons. The summed E-state index contributed by atoms with van der Waals surface area (Å²) in [6, 6.07) is 9.40. The van der Waals surface area contributed by atoms with E-state index in [1.54, 1.807) is 0 Å². The van der Waals surface area contributed by atoms with Crippen molar-refractivity contribution in [1.82, 2.24) is 0 Å². The molecule has 1 aromatic rings. The average Bonchev–Trinajstić information content (AvgIpc) is 3.00. The molecule has 0 amide bonds. The Morgan fingerprint density at radius 2 is 1.75 bits per heavy atom. The van der Waals surface area contributed by atoms with Crippen LogP contribution in [0.4, 0.5) is 0 Å². The number of hydrogen-bond donors (Lipinski definition) is 0. The van der Waals surface area contributed by atoms with Crippen molar-refractivity contribution in [3.8, 4) is 0 Å². The SMILES string of the molecule is C=CCC(CC)(CC)CCCc1ccc(CC2C=CC(C)C2)cc1. The minimum atomic E-state index is 0.479. The molecule has 24 heavy (non-hydrogen) atoms. The highest BCUT2D eigenvalue weighted by molar-refractivity contribution is 5.24. The zero-order valence-electron chi connectivity index (χ0n) is 16.1. The monoisotopic (exact) mass is 324 g/mol. The normalized spacial score (nSPS) is 20.5. The van der Waals surface area contributed by atoms with Crippen LogP contribution >= 0.6 is 0 Å². The van der Waals surface area contributed by atoms with Crippen molar-refractivity contribution >= 4 is 0 Å². The van der Waals surface area contributed by atoms with Gasteiger partial charge in [0, 0.05) is 0 Å². The average molecular weight is 325 g/mol. The number of hydrogen-bond acceptors (Lipinski definition) is 0. The first-order valence-electron chi connectivity index (χ1n) is 9.98. The van der Waals surface area contributed by atoms with E-state index in [9.17, 15) is 0 Å². The van der Waals surface area contributed by atoms with E-state index in [2.05, 4.69) is 69.8 Å². The summed E-state index contributed by atoms with van der Waals surface area (Å²) in [4.78, 5) is 0. The van der Waals surface area contributed by atoms with Crippen LogP contribution in [0.15, 0.2) is 49.1 Å². The zero-order chi connectivity index (χ0) is 17.4. The minimum absolute atomic E-state index is 0.479. The van der Waals surface area contributed by atoms with Gasteiger partial charge in [0.2, 0.25) is 0 Å². The lowest BCUT2D eigenvalue weighted by Gasteiger charge is -2.30. The van der Waals surface area contributed by atoms with E-state index in [-0.39, 0.29) is 0 Å². The molecule has 0 N–H and O–H groups in total.